The Morgan fingerprint density at radius 1 is 0.880 bits per heavy atom. The molecule has 0 aliphatic carbocycles. The van der Waals surface area contributed by atoms with Crippen molar-refractivity contribution in [1.82, 2.24) is 9.97 Å². The minimum absolute atomic E-state index is 0.0729. The van der Waals surface area contributed by atoms with E-state index in [-0.39, 0.29) is 11.6 Å². The summed E-state index contributed by atoms with van der Waals surface area (Å²) >= 11 is 11.9. The lowest BCUT2D eigenvalue weighted by Crippen LogP contribution is -2.03. The third-order valence-electron chi connectivity index (χ3n) is 3.17. The standard InChI is InChI=1S/C17H12Cl2F2N4/c1-9-4-16(23-13-6-10(18)5-11(19)7-13)25-17(22-9)24-15-3-2-12(20)8-14(15)21/h2-8H,1H3,(H2,22,23,24,25). The van der Waals surface area contributed by atoms with Gasteiger partial charge in [-0.25, -0.2) is 13.8 Å². The molecule has 0 unspecified atom stereocenters. The molecule has 3 rings (SSSR count). The molecule has 3 aromatic rings. The van der Waals surface area contributed by atoms with Gasteiger partial charge >= 0.3 is 0 Å². The highest BCUT2D eigenvalue weighted by atomic mass is 35.5. The summed E-state index contributed by atoms with van der Waals surface area (Å²) in [5.41, 5.74) is 1.37. The molecule has 25 heavy (non-hydrogen) atoms. The quantitative estimate of drug-likeness (QED) is 0.595. The molecule has 1 aromatic heterocycles. The molecule has 1 heterocycles. The predicted molar refractivity (Wildman–Crippen MR) is 96.2 cm³/mol. The topological polar surface area (TPSA) is 49.8 Å². The highest BCUT2D eigenvalue weighted by Gasteiger charge is 2.08. The fourth-order valence-corrected chi connectivity index (χ4v) is 2.70. The van der Waals surface area contributed by atoms with Crippen molar-refractivity contribution in [3.05, 3.63) is 69.8 Å². The van der Waals surface area contributed by atoms with Crippen LogP contribution < -0.4 is 10.6 Å². The first kappa shape index (κ1) is 17.4. The van der Waals surface area contributed by atoms with Gasteiger partial charge in [0, 0.05) is 33.6 Å². The largest absolute Gasteiger partial charge is 0.340 e. The van der Waals surface area contributed by atoms with Crippen molar-refractivity contribution >= 4 is 46.3 Å². The van der Waals surface area contributed by atoms with Crippen LogP contribution >= 0.6 is 23.2 Å². The van der Waals surface area contributed by atoms with E-state index in [0.29, 0.717) is 27.2 Å². The van der Waals surface area contributed by atoms with Gasteiger partial charge in [0.15, 0.2) is 0 Å². The van der Waals surface area contributed by atoms with E-state index in [4.69, 9.17) is 23.2 Å². The predicted octanol–water partition coefficient (Wildman–Crippen LogP) is 5.86. The van der Waals surface area contributed by atoms with Crippen LogP contribution in [-0.4, -0.2) is 9.97 Å². The molecular weight excluding hydrogens is 369 g/mol. The molecule has 2 aromatic carbocycles. The van der Waals surface area contributed by atoms with E-state index in [0.717, 1.165) is 12.1 Å². The van der Waals surface area contributed by atoms with E-state index in [1.165, 1.54) is 6.07 Å². The molecule has 0 saturated heterocycles. The van der Waals surface area contributed by atoms with E-state index >= 15 is 0 Å². The number of nitrogens with zero attached hydrogens (tertiary/aromatic N) is 2. The van der Waals surface area contributed by atoms with E-state index in [9.17, 15) is 8.78 Å². The van der Waals surface area contributed by atoms with Gasteiger partial charge in [0.1, 0.15) is 17.5 Å². The molecule has 0 amide bonds. The fraction of sp³-hybridized carbons (Fsp3) is 0.0588. The van der Waals surface area contributed by atoms with Gasteiger partial charge in [-0.05, 0) is 37.3 Å². The second kappa shape index (κ2) is 7.21. The summed E-state index contributed by atoms with van der Waals surface area (Å²) in [7, 11) is 0. The second-order valence-electron chi connectivity index (χ2n) is 5.25. The number of hydrogen-bond donors (Lipinski definition) is 2. The van der Waals surface area contributed by atoms with Gasteiger partial charge in [0.25, 0.3) is 0 Å². The third-order valence-corrected chi connectivity index (χ3v) is 3.60. The Bertz CT molecular complexity index is 914. The van der Waals surface area contributed by atoms with Crippen molar-refractivity contribution in [3.63, 3.8) is 0 Å². The number of aryl methyl sites for hydroxylation is 1. The molecule has 128 valence electrons. The molecule has 0 spiro atoms. The summed E-state index contributed by atoms with van der Waals surface area (Å²) in [6, 6.07) is 9.92. The summed E-state index contributed by atoms with van der Waals surface area (Å²) in [4.78, 5) is 8.46. The average Bonchev–Trinajstić information content (AvgIpc) is 2.48. The van der Waals surface area contributed by atoms with Crippen LogP contribution in [-0.2, 0) is 0 Å². The third kappa shape index (κ3) is 4.55. The fourth-order valence-electron chi connectivity index (χ4n) is 2.17. The number of benzene rings is 2. The summed E-state index contributed by atoms with van der Waals surface area (Å²) in [5.74, 6) is -0.758. The van der Waals surface area contributed by atoms with E-state index in [1.807, 2.05) is 0 Å². The lowest BCUT2D eigenvalue weighted by molar-refractivity contribution is 0.586. The van der Waals surface area contributed by atoms with Crippen LogP contribution in [0.2, 0.25) is 10.0 Å². The van der Waals surface area contributed by atoms with Crippen LogP contribution in [0, 0.1) is 18.6 Å². The number of aromatic nitrogens is 2. The van der Waals surface area contributed by atoms with E-state index in [1.54, 1.807) is 31.2 Å². The Morgan fingerprint density at radius 2 is 1.60 bits per heavy atom. The van der Waals surface area contributed by atoms with Crippen molar-refractivity contribution in [3.8, 4) is 0 Å². The maximum absolute atomic E-state index is 13.8. The maximum Gasteiger partial charge on any atom is 0.229 e. The molecule has 2 N–H and O–H groups in total. The Labute approximate surface area is 152 Å². The van der Waals surface area contributed by atoms with Crippen molar-refractivity contribution in [2.24, 2.45) is 0 Å². The van der Waals surface area contributed by atoms with E-state index in [2.05, 4.69) is 20.6 Å². The molecule has 0 saturated carbocycles. The van der Waals surface area contributed by atoms with Crippen molar-refractivity contribution in [1.29, 1.82) is 0 Å². The minimum atomic E-state index is -0.735. The molecule has 8 heteroatoms. The van der Waals surface area contributed by atoms with Gasteiger partial charge in [-0.3, -0.25) is 0 Å². The molecule has 0 aliphatic heterocycles. The molecule has 4 nitrogen and oxygen atoms in total. The lowest BCUT2D eigenvalue weighted by Gasteiger charge is -2.11. The van der Waals surface area contributed by atoms with Gasteiger partial charge in [-0.15, -0.1) is 0 Å². The highest BCUT2D eigenvalue weighted by Crippen LogP contribution is 2.26. The van der Waals surface area contributed by atoms with Crippen LogP contribution in [0.15, 0.2) is 42.5 Å². The molecule has 0 bridgehead atoms. The Balaban J connectivity index is 1.87. The number of halogens is 4. The highest BCUT2D eigenvalue weighted by molar-refractivity contribution is 6.35. The molecule has 0 aliphatic rings. The maximum atomic E-state index is 13.8. The molecule has 0 radical (unpaired) electrons. The Kier molecular flexibility index (Phi) is 5.01. The normalized spacial score (nSPS) is 10.6. The van der Waals surface area contributed by atoms with Crippen LogP contribution in [0.1, 0.15) is 5.69 Å². The lowest BCUT2D eigenvalue weighted by atomic mass is 10.3. The SMILES string of the molecule is Cc1cc(Nc2cc(Cl)cc(Cl)c2)nc(Nc2ccc(F)cc2F)n1. The molecule has 0 fully saturated rings. The van der Waals surface area contributed by atoms with Crippen molar-refractivity contribution in [2.75, 3.05) is 10.6 Å². The smallest absolute Gasteiger partial charge is 0.229 e. The van der Waals surface area contributed by atoms with Crippen LogP contribution in [0.4, 0.5) is 31.9 Å². The summed E-state index contributed by atoms with van der Waals surface area (Å²) < 4.78 is 26.8. The first-order valence-corrected chi connectivity index (χ1v) is 7.95. The van der Waals surface area contributed by atoms with Crippen LogP contribution in [0.25, 0.3) is 0 Å². The van der Waals surface area contributed by atoms with E-state index < -0.39 is 11.6 Å². The minimum Gasteiger partial charge on any atom is -0.340 e. The number of anilines is 4. The van der Waals surface area contributed by atoms with Gasteiger partial charge in [-0.1, -0.05) is 23.2 Å². The first-order chi connectivity index (χ1) is 11.9. The summed E-state index contributed by atoms with van der Waals surface area (Å²) in [6.07, 6.45) is 0. The first-order valence-electron chi connectivity index (χ1n) is 7.20. The zero-order valence-corrected chi connectivity index (χ0v) is 14.5. The Hall–Kier alpha value is -2.44. The summed E-state index contributed by atoms with van der Waals surface area (Å²) in [5, 5.41) is 6.75. The van der Waals surface area contributed by atoms with Gasteiger partial charge in [-0.2, -0.15) is 4.98 Å². The monoisotopic (exact) mass is 380 g/mol. The van der Waals surface area contributed by atoms with Crippen molar-refractivity contribution < 1.29 is 8.78 Å². The Morgan fingerprint density at radius 3 is 2.28 bits per heavy atom. The van der Waals surface area contributed by atoms with Crippen LogP contribution in [0.5, 0.6) is 0 Å². The number of hydrogen-bond acceptors (Lipinski definition) is 4. The summed E-state index contributed by atoms with van der Waals surface area (Å²) in [6.45, 7) is 1.77. The van der Waals surface area contributed by atoms with Crippen LogP contribution in [0.3, 0.4) is 0 Å². The van der Waals surface area contributed by atoms with Gasteiger partial charge < -0.3 is 10.6 Å². The molecule has 0 atom stereocenters. The second-order valence-corrected chi connectivity index (χ2v) is 6.12. The molecular formula is C17H12Cl2F2N4. The average molecular weight is 381 g/mol. The van der Waals surface area contributed by atoms with Gasteiger partial charge in [0.2, 0.25) is 5.95 Å². The zero-order chi connectivity index (χ0) is 18.0. The number of nitrogens with one attached hydrogen (secondary N) is 2. The number of rotatable bonds is 4. The van der Waals surface area contributed by atoms with Gasteiger partial charge in [0.05, 0.1) is 5.69 Å². The van der Waals surface area contributed by atoms with Crippen molar-refractivity contribution in [2.45, 2.75) is 6.92 Å². The zero-order valence-electron chi connectivity index (χ0n) is 12.9.